The topological polar surface area (TPSA) is 77.8 Å². The van der Waals surface area contributed by atoms with E-state index in [0.29, 0.717) is 0 Å². The third-order valence-corrected chi connectivity index (χ3v) is 0.517. The van der Waals surface area contributed by atoms with Crippen LogP contribution in [0.25, 0.3) is 0 Å². The zero-order chi connectivity index (χ0) is 8.78. The first-order valence-corrected chi connectivity index (χ1v) is 4.26. The molecular formula is C3H9Cl2O4P. The van der Waals surface area contributed by atoms with Gasteiger partial charge in [0.25, 0.3) is 0 Å². The highest BCUT2D eigenvalue weighted by molar-refractivity contribution is 7.30. The molecule has 0 amide bonds. The van der Waals surface area contributed by atoms with Gasteiger partial charge in [-0.15, -0.1) is 0 Å². The molecule has 0 aromatic rings. The van der Waals surface area contributed by atoms with Crippen molar-refractivity contribution in [2.24, 2.45) is 0 Å². The summed E-state index contributed by atoms with van der Waals surface area (Å²) in [5.41, 5.74) is 0. The number of aliphatic hydroxyl groups is 1. The molecule has 0 aromatic heterocycles. The van der Waals surface area contributed by atoms with Crippen molar-refractivity contribution in [3.05, 3.63) is 0 Å². The molecule has 4 nitrogen and oxygen atoms in total. The van der Waals surface area contributed by atoms with Crippen molar-refractivity contribution in [2.45, 2.75) is 11.3 Å². The highest BCUT2D eigenvalue weighted by atomic mass is 35.5. The second-order valence-electron chi connectivity index (χ2n) is 1.51. The molecule has 3 N–H and O–H groups in total. The molecule has 0 bridgehead atoms. The highest BCUT2D eigenvalue weighted by Crippen LogP contribution is 2.16. The van der Waals surface area contributed by atoms with Gasteiger partial charge in [-0.1, -0.05) is 23.2 Å². The van der Waals surface area contributed by atoms with Gasteiger partial charge in [-0.3, -0.25) is 4.57 Å². The van der Waals surface area contributed by atoms with Gasteiger partial charge in [-0.05, 0) is 6.92 Å². The summed E-state index contributed by atoms with van der Waals surface area (Å²) in [5.74, 6) is 0. The fourth-order valence-electron chi connectivity index (χ4n) is 0. The van der Waals surface area contributed by atoms with Crippen molar-refractivity contribution in [1.82, 2.24) is 0 Å². The summed E-state index contributed by atoms with van der Waals surface area (Å²) in [5, 5.41) is 8.14. The van der Waals surface area contributed by atoms with E-state index < -0.39 is 12.6 Å². The maximum Gasteiger partial charge on any atom is 0.314 e. The molecule has 0 aliphatic heterocycles. The van der Waals surface area contributed by atoms with E-state index in [9.17, 15) is 0 Å². The average molecular weight is 211 g/mol. The Kier molecular flexibility index (Phi) is 8.51. The normalized spacial score (nSPS) is 10.7. The molecule has 10 heavy (non-hydrogen) atoms. The van der Waals surface area contributed by atoms with Gasteiger partial charge in [0.2, 0.25) is 0 Å². The zero-order valence-corrected chi connectivity index (χ0v) is 7.72. The van der Waals surface area contributed by atoms with Crippen LogP contribution in [0.4, 0.5) is 0 Å². The lowest BCUT2D eigenvalue weighted by Crippen LogP contribution is -2.10. The summed E-state index contributed by atoms with van der Waals surface area (Å²) in [6.45, 7) is 1.33. The minimum atomic E-state index is -3.13. The van der Waals surface area contributed by atoms with Gasteiger partial charge in [0, 0.05) is 0 Å². The van der Waals surface area contributed by atoms with Crippen LogP contribution < -0.4 is 0 Å². The van der Waals surface area contributed by atoms with Crippen LogP contribution in [0.1, 0.15) is 6.92 Å². The molecule has 0 saturated heterocycles. The third kappa shape index (κ3) is 37.7. The second kappa shape index (κ2) is 6.40. The Bertz CT molecular complexity index is 97.2. The van der Waals surface area contributed by atoms with E-state index >= 15 is 0 Å². The lowest BCUT2D eigenvalue weighted by atomic mass is 10.5. The van der Waals surface area contributed by atoms with E-state index in [1.807, 2.05) is 0 Å². The first-order valence-electron chi connectivity index (χ1n) is 2.20. The van der Waals surface area contributed by atoms with Crippen LogP contribution >= 0.6 is 31.5 Å². The SMILES string of the molecule is CC(Cl)(Cl)CO.O=[PH](O)O. The van der Waals surface area contributed by atoms with Crippen LogP contribution in [-0.4, -0.2) is 25.8 Å². The monoisotopic (exact) mass is 210 g/mol. The summed E-state index contributed by atoms with van der Waals surface area (Å²) >= 11 is 10.5. The van der Waals surface area contributed by atoms with E-state index in [1.165, 1.54) is 6.92 Å². The fraction of sp³-hybridized carbons (Fsp3) is 1.00. The third-order valence-electron chi connectivity index (χ3n) is 0.278. The minimum absolute atomic E-state index is 0.198. The first-order chi connectivity index (χ1) is 4.29. The van der Waals surface area contributed by atoms with Crippen molar-refractivity contribution < 1.29 is 19.5 Å². The summed E-state index contributed by atoms with van der Waals surface area (Å²) in [6, 6.07) is 0. The lowest BCUT2D eigenvalue weighted by Gasteiger charge is -2.04. The van der Waals surface area contributed by atoms with Crippen molar-refractivity contribution in [2.75, 3.05) is 6.61 Å². The van der Waals surface area contributed by atoms with E-state index in [-0.39, 0.29) is 6.61 Å². The van der Waals surface area contributed by atoms with E-state index in [0.717, 1.165) is 0 Å². The van der Waals surface area contributed by atoms with Gasteiger partial charge in [-0.2, -0.15) is 0 Å². The second-order valence-corrected chi connectivity index (χ2v) is 3.94. The molecule has 0 aliphatic rings. The molecule has 0 atom stereocenters. The fourth-order valence-corrected chi connectivity index (χ4v) is 0. The molecule has 0 aromatic carbocycles. The van der Waals surface area contributed by atoms with E-state index in [1.54, 1.807) is 0 Å². The van der Waals surface area contributed by atoms with Crippen molar-refractivity contribution >= 4 is 31.5 Å². The Balaban J connectivity index is 0. The average Bonchev–Trinajstić information content (AvgIpc) is 1.63. The van der Waals surface area contributed by atoms with Gasteiger partial charge >= 0.3 is 8.25 Å². The summed E-state index contributed by atoms with van der Waals surface area (Å²) in [6.07, 6.45) is 0. The van der Waals surface area contributed by atoms with E-state index in [4.69, 9.17) is 42.7 Å². The molecule has 0 saturated carbocycles. The lowest BCUT2D eigenvalue weighted by molar-refractivity contribution is 0.285. The maximum atomic E-state index is 8.74. The van der Waals surface area contributed by atoms with Crippen molar-refractivity contribution in [3.63, 3.8) is 0 Å². The maximum absolute atomic E-state index is 8.74. The number of alkyl halides is 2. The Morgan fingerprint density at radius 1 is 1.50 bits per heavy atom. The van der Waals surface area contributed by atoms with Gasteiger partial charge in [0.15, 0.2) is 0 Å². The summed E-state index contributed by atoms with van der Waals surface area (Å²) < 4.78 is 7.78. The molecule has 0 unspecified atom stereocenters. The standard InChI is InChI=1S/C3H6Cl2O.H3O3P/c1-3(4,5)2-6;1-4(2)3/h6H,2H2,1H3;4H,(H2,1,2,3). The first kappa shape index (κ1) is 13.3. The smallest absolute Gasteiger partial charge is 0.314 e. The predicted molar refractivity (Wildman–Crippen MR) is 40.6 cm³/mol. The molecule has 64 valence electrons. The summed E-state index contributed by atoms with van der Waals surface area (Å²) in [4.78, 5) is 14.3. The molecular weight excluding hydrogens is 202 g/mol. The minimum Gasteiger partial charge on any atom is -0.393 e. The molecule has 0 radical (unpaired) electrons. The molecule has 0 aliphatic carbocycles. The van der Waals surface area contributed by atoms with Crippen molar-refractivity contribution in [1.29, 1.82) is 0 Å². The Morgan fingerprint density at radius 3 is 1.60 bits per heavy atom. The summed E-state index contributed by atoms with van der Waals surface area (Å²) in [7, 11) is -3.13. The van der Waals surface area contributed by atoms with Crippen LogP contribution in [-0.2, 0) is 4.57 Å². The van der Waals surface area contributed by atoms with Crippen LogP contribution in [0.5, 0.6) is 0 Å². The molecule has 7 heteroatoms. The number of hydrogen-bond donors (Lipinski definition) is 3. The van der Waals surface area contributed by atoms with Gasteiger partial charge < -0.3 is 14.9 Å². The quantitative estimate of drug-likeness (QED) is 0.436. The predicted octanol–water partition coefficient (Wildman–Crippen LogP) is 0.533. The van der Waals surface area contributed by atoms with Crippen LogP contribution in [0.2, 0.25) is 0 Å². The Labute approximate surface area is 69.3 Å². The molecule has 0 rings (SSSR count). The molecule has 0 fully saturated rings. The van der Waals surface area contributed by atoms with E-state index in [2.05, 4.69) is 0 Å². The number of hydrogen-bond acceptors (Lipinski definition) is 2. The highest BCUT2D eigenvalue weighted by Gasteiger charge is 2.12. The van der Waals surface area contributed by atoms with Gasteiger partial charge in [0.1, 0.15) is 4.33 Å². The van der Waals surface area contributed by atoms with Crippen LogP contribution in [0, 0.1) is 0 Å². The number of rotatable bonds is 1. The number of aliphatic hydroxyl groups excluding tert-OH is 1. The Morgan fingerprint density at radius 2 is 1.60 bits per heavy atom. The van der Waals surface area contributed by atoms with Crippen molar-refractivity contribution in [3.8, 4) is 0 Å². The molecule has 0 spiro atoms. The number of halogens is 2. The Hall–Kier alpha value is 0.690. The van der Waals surface area contributed by atoms with Crippen LogP contribution in [0.15, 0.2) is 0 Å². The molecule has 0 heterocycles. The van der Waals surface area contributed by atoms with Gasteiger partial charge in [-0.25, -0.2) is 0 Å². The zero-order valence-electron chi connectivity index (χ0n) is 5.21. The van der Waals surface area contributed by atoms with Crippen LogP contribution in [0.3, 0.4) is 0 Å². The van der Waals surface area contributed by atoms with Gasteiger partial charge in [0.05, 0.1) is 6.61 Å². The largest absolute Gasteiger partial charge is 0.393 e.